The molecule has 1 aromatic carbocycles. The predicted octanol–water partition coefficient (Wildman–Crippen LogP) is 5.77. The molecule has 94 valence electrons. The summed E-state index contributed by atoms with van der Waals surface area (Å²) in [5.74, 6) is 0. The van der Waals surface area contributed by atoms with E-state index in [-0.39, 0.29) is 0 Å². The number of hydrogen-bond acceptors (Lipinski definition) is 3. The first kappa shape index (κ1) is 11.1. The Bertz CT molecular complexity index is 750. The molecule has 3 heteroatoms. The van der Waals surface area contributed by atoms with E-state index in [1.165, 1.54) is 22.9 Å². The maximum atomic E-state index is 2.36. The van der Waals surface area contributed by atoms with Crippen molar-refractivity contribution in [2.75, 3.05) is 0 Å². The summed E-state index contributed by atoms with van der Waals surface area (Å²) in [6.07, 6.45) is 7.20. The van der Waals surface area contributed by atoms with E-state index in [0.29, 0.717) is 5.25 Å². The third kappa shape index (κ3) is 1.44. The highest BCUT2D eigenvalue weighted by atomic mass is 32.2. The Morgan fingerprint density at radius 3 is 3.00 bits per heavy atom. The second-order valence-corrected chi connectivity index (χ2v) is 8.62. The van der Waals surface area contributed by atoms with Gasteiger partial charge >= 0.3 is 0 Å². The van der Waals surface area contributed by atoms with Crippen molar-refractivity contribution in [1.29, 1.82) is 0 Å². The van der Waals surface area contributed by atoms with E-state index in [0.717, 1.165) is 5.25 Å². The van der Waals surface area contributed by atoms with Crippen LogP contribution in [0.1, 0.15) is 23.0 Å². The van der Waals surface area contributed by atoms with E-state index in [2.05, 4.69) is 59.9 Å². The minimum atomic E-state index is 0.685. The van der Waals surface area contributed by atoms with Crippen LogP contribution in [0.3, 0.4) is 0 Å². The average molecular weight is 300 g/mol. The van der Waals surface area contributed by atoms with Crippen LogP contribution in [0.5, 0.6) is 0 Å². The molecule has 0 nitrogen and oxygen atoms in total. The van der Waals surface area contributed by atoms with Crippen molar-refractivity contribution >= 4 is 44.9 Å². The summed E-state index contributed by atoms with van der Waals surface area (Å²) in [5, 5.41) is 2.89. The minimum absolute atomic E-state index is 0.685. The molecule has 2 aliphatic heterocycles. The van der Waals surface area contributed by atoms with E-state index in [1.807, 2.05) is 11.3 Å². The van der Waals surface area contributed by atoms with Gasteiger partial charge in [-0.15, -0.1) is 34.9 Å². The lowest BCUT2D eigenvalue weighted by molar-refractivity contribution is 0.873. The van der Waals surface area contributed by atoms with Gasteiger partial charge in [-0.05, 0) is 24.5 Å². The zero-order chi connectivity index (χ0) is 12.4. The molecule has 3 heterocycles. The molecule has 0 radical (unpaired) electrons. The predicted molar refractivity (Wildman–Crippen MR) is 87.2 cm³/mol. The lowest BCUT2D eigenvalue weighted by Crippen LogP contribution is -2.05. The number of hydrogen-bond donors (Lipinski definition) is 0. The number of allylic oxidation sites excluding steroid dienone is 2. The van der Waals surface area contributed by atoms with Crippen LogP contribution in [0.15, 0.2) is 51.8 Å². The van der Waals surface area contributed by atoms with Gasteiger partial charge in [0.15, 0.2) is 0 Å². The van der Waals surface area contributed by atoms with Crippen LogP contribution in [0.2, 0.25) is 0 Å². The summed E-state index contributed by atoms with van der Waals surface area (Å²) >= 11 is 6.25. The molecule has 0 saturated carbocycles. The lowest BCUT2D eigenvalue weighted by atomic mass is 10.00. The Morgan fingerprint density at radius 1 is 1.05 bits per heavy atom. The van der Waals surface area contributed by atoms with Crippen LogP contribution in [-0.4, -0.2) is 5.25 Å². The van der Waals surface area contributed by atoms with Crippen molar-refractivity contribution in [1.82, 2.24) is 0 Å². The first-order chi connectivity index (χ1) is 9.42. The summed E-state index contributed by atoms with van der Waals surface area (Å²) in [5.41, 5.74) is 1.72. The van der Waals surface area contributed by atoms with Crippen molar-refractivity contribution < 1.29 is 0 Å². The summed E-state index contributed by atoms with van der Waals surface area (Å²) in [4.78, 5) is 4.77. The van der Waals surface area contributed by atoms with Crippen molar-refractivity contribution in [2.24, 2.45) is 0 Å². The normalized spacial score (nSPS) is 27.8. The maximum Gasteiger partial charge on any atom is 0.0610 e. The Hall–Kier alpha value is -0.640. The van der Waals surface area contributed by atoms with Gasteiger partial charge in [0.05, 0.1) is 5.25 Å². The summed E-state index contributed by atoms with van der Waals surface area (Å²) in [7, 11) is 0. The zero-order valence-corrected chi connectivity index (χ0v) is 12.7. The van der Waals surface area contributed by atoms with Gasteiger partial charge in [-0.25, -0.2) is 0 Å². The summed E-state index contributed by atoms with van der Waals surface area (Å²) in [6, 6.07) is 8.88. The molecule has 0 spiro atoms. The first-order valence-electron chi connectivity index (χ1n) is 6.66. The highest BCUT2D eigenvalue weighted by Crippen LogP contribution is 2.65. The third-order valence-corrected chi connectivity index (χ3v) is 8.72. The van der Waals surface area contributed by atoms with Crippen LogP contribution < -0.4 is 0 Å². The molecule has 19 heavy (non-hydrogen) atoms. The fraction of sp³-hybridized carbons (Fsp3) is 0.250. The van der Waals surface area contributed by atoms with Gasteiger partial charge in [-0.2, -0.15) is 0 Å². The molecule has 2 aromatic rings. The van der Waals surface area contributed by atoms with Gasteiger partial charge in [-0.3, -0.25) is 0 Å². The van der Waals surface area contributed by atoms with E-state index < -0.39 is 0 Å². The van der Waals surface area contributed by atoms with E-state index >= 15 is 0 Å². The largest absolute Gasteiger partial charge is 0.138 e. The fourth-order valence-corrected chi connectivity index (χ4v) is 8.34. The van der Waals surface area contributed by atoms with E-state index in [9.17, 15) is 0 Å². The number of benzene rings is 1. The van der Waals surface area contributed by atoms with Gasteiger partial charge < -0.3 is 0 Å². The summed E-state index contributed by atoms with van der Waals surface area (Å²) < 4.78 is 1.46. The highest BCUT2D eigenvalue weighted by molar-refractivity contribution is 8.07. The monoisotopic (exact) mass is 300 g/mol. The second-order valence-electron chi connectivity index (χ2n) is 5.20. The summed E-state index contributed by atoms with van der Waals surface area (Å²) in [6.45, 7) is 0. The molecule has 1 aliphatic carbocycles. The van der Waals surface area contributed by atoms with E-state index in [4.69, 9.17) is 0 Å². The van der Waals surface area contributed by atoms with Crippen LogP contribution >= 0.6 is 34.9 Å². The quantitative estimate of drug-likeness (QED) is 0.606. The van der Waals surface area contributed by atoms with Crippen LogP contribution in [0, 0.1) is 0 Å². The molecule has 0 bridgehead atoms. The van der Waals surface area contributed by atoms with Gasteiger partial charge in [0.2, 0.25) is 0 Å². The van der Waals surface area contributed by atoms with Gasteiger partial charge in [0.25, 0.3) is 0 Å². The number of fused-ring (bicyclic) bond motifs is 6. The van der Waals surface area contributed by atoms with Crippen molar-refractivity contribution in [3.05, 3.63) is 51.8 Å². The maximum absolute atomic E-state index is 2.36. The van der Waals surface area contributed by atoms with Crippen LogP contribution in [0.25, 0.3) is 10.1 Å². The van der Waals surface area contributed by atoms with Gasteiger partial charge in [0, 0.05) is 30.0 Å². The Balaban J connectivity index is 1.66. The Labute approximate surface area is 125 Å². The van der Waals surface area contributed by atoms with Crippen molar-refractivity contribution in [3.8, 4) is 0 Å². The molecule has 0 N–H and O–H groups in total. The molecule has 5 rings (SSSR count). The second kappa shape index (κ2) is 3.94. The smallest absolute Gasteiger partial charge is 0.0610 e. The highest BCUT2D eigenvalue weighted by Gasteiger charge is 2.44. The molecule has 0 fully saturated rings. The fourth-order valence-electron chi connectivity index (χ4n) is 3.24. The Kier molecular flexibility index (Phi) is 2.29. The number of thioether (sulfide) groups is 2. The van der Waals surface area contributed by atoms with Crippen molar-refractivity contribution in [2.45, 2.75) is 28.2 Å². The van der Waals surface area contributed by atoms with Gasteiger partial charge in [0.1, 0.15) is 0 Å². The molecule has 0 saturated heterocycles. The molecule has 1 unspecified atom stereocenters. The SMILES string of the molecule is C1=CC2=C(CC1)C1Sc3c(sc4ccccc34)[C@H]1S2. The van der Waals surface area contributed by atoms with E-state index in [1.54, 1.807) is 20.3 Å². The average Bonchev–Trinajstić information content (AvgIpc) is 3.07. The van der Waals surface area contributed by atoms with Crippen LogP contribution in [-0.2, 0) is 0 Å². The zero-order valence-electron chi connectivity index (χ0n) is 10.3. The molecule has 1 aromatic heterocycles. The molecular formula is C16H12S3. The third-order valence-electron chi connectivity index (χ3n) is 4.12. The van der Waals surface area contributed by atoms with Gasteiger partial charge in [-0.1, -0.05) is 30.4 Å². The minimum Gasteiger partial charge on any atom is -0.138 e. The van der Waals surface area contributed by atoms with Crippen LogP contribution in [0.4, 0.5) is 0 Å². The molecular weight excluding hydrogens is 288 g/mol. The lowest BCUT2D eigenvalue weighted by Gasteiger charge is -2.13. The molecule has 2 atom stereocenters. The Morgan fingerprint density at radius 2 is 2.00 bits per heavy atom. The van der Waals surface area contributed by atoms with Crippen molar-refractivity contribution in [3.63, 3.8) is 0 Å². The number of thiophene rings is 1. The first-order valence-corrected chi connectivity index (χ1v) is 9.24. The number of rotatable bonds is 0. The standard InChI is InChI=1S/C16H12S3/c1-3-7-11-9(5-1)13-15(17-11)16-14(19-13)10-6-2-4-8-12(10)18-16/h1,3-5,7-8,14,16H,2,6H2/t14?,16-/m0/s1. The topological polar surface area (TPSA) is 0 Å². The molecule has 3 aliphatic rings. The molecule has 0 amide bonds.